The lowest BCUT2D eigenvalue weighted by molar-refractivity contribution is 0.651. The highest BCUT2D eigenvalue weighted by molar-refractivity contribution is 5.21. The molecule has 0 saturated carbocycles. The first-order chi connectivity index (χ1) is 7.16. The van der Waals surface area contributed by atoms with Gasteiger partial charge in [0.15, 0.2) is 1.41 Å². The number of hydrogen-bond acceptors (Lipinski definition) is 2. The van der Waals surface area contributed by atoms with Crippen LogP contribution in [0.5, 0.6) is 0 Å². The quantitative estimate of drug-likeness (QED) is 0.499. The monoisotopic (exact) mass is 129 g/mol. The largest absolute Gasteiger partial charge is 0.325 e. The van der Waals surface area contributed by atoms with E-state index in [-0.39, 0.29) is 11.1 Å². The lowest BCUT2D eigenvalue weighted by Gasteiger charge is -2.08. The third kappa shape index (κ3) is 0.754. The molecular formula is C7H10N2. The molecule has 1 fully saturated rings. The zero-order chi connectivity index (χ0) is 12.4. The first-order valence-electron chi connectivity index (χ1n) is 6.04. The maximum absolute atomic E-state index is 8.01. The van der Waals surface area contributed by atoms with Crippen molar-refractivity contribution in [2.75, 3.05) is 6.50 Å². The summed E-state index contributed by atoms with van der Waals surface area (Å²) in [6.45, 7) is -2.60. The summed E-state index contributed by atoms with van der Waals surface area (Å²) in [5.74, 6) is -2.31. The molecular weight excluding hydrogens is 112 g/mol. The normalized spacial score (nSPS) is 65.1. The number of rotatable bonds is 0. The first-order valence-corrected chi connectivity index (χ1v) is 2.64. The Hall–Kier alpha value is -0.760. The third-order valence-corrected chi connectivity index (χ3v) is 1.15. The Morgan fingerprint density at radius 1 is 2.00 bits per heavy atom. The fourth-order valence-electron chi connectivity index (χ4n) is 0.730. The van der Waals surface area contributed by atoms with E-state index in [1.807, 2.05) is 0 Å². The Morgan fingerprint density at radius 2 is 3.00 bits per heavy atom. The van der Waals surface area contributed by atoms with Crippen LogP contribution < -0.4 is 10.8 Å². The Morgan fingerprint density at radius 3 is 3.89 bits per heavy atom. The van der Waals surface area contributed by atoms with Crippen molar-refractivity contribution in [3.63, 3.8) is 0 Å². The molecule has 0 amide bonds. The average molecular weight is 129 g/mol. The van der Waals surface area contributed by atoms with Gasteiger partial charge in [0.2, 0.25) is 0 Å². The predicted molar refractivity (Wildman–Crippen MR) is 36.5 cm³/mol. The second-order valence-electron chi connectivity index (χ2n) is 1.74. The highest BCUT2D eigenvalue weighted by Crippen LogP contribution is 2.19. The van der Waals surface area contributed by atoms with Gasteiger partial charge < -0.3 is 5.42 Å². The van der Waals surface area contributed by atoms with Gasteiger partial charge in [0.25, 0.3) is 0 Å². The number of hydrazine groups is 1. The van der Waals surface area contributed by atoms with Crippen molar-refractivity contribution in [2.45, 2.75) is 6.37 Å². The van der Waals surface area contributed by atoms with Gasteiger partial charge in [0.05, 0.1) is 0 Å². The minimum absolute atomic E-state index is 0.177. The summed E-state index contributed by atoms with van der Waals surface area (Å²) in [6.07, 6.45) is 1.43. The molecule has 2 heteroatoms. The van der Waals surface area contributed by atoms with E-state index in [4.69, 9.17) is 9.68 Å². The topological polar surface area (TPSA) is 24.1 Å². The lowest BCUT2D eigenvalue weighted by Crippen LogP contribution is -2.20. The molecule has 2 N–H and O–H groups in total. The number of hydrogen-bond donors (Lipinski definition) is 2. The van der Waals surface area contributed by atoms with Crippen LogP contribution in [0.15, 0.2) is 23.9 Å². The number of fused-ring (bicyclic) bond motifs is 1. The summed E-state index contributed by atoms with van der Waals surface area (Å²) in [5.41, 5.74) is 0.408. The molecule has 9 heavy (non-hydrogen) atoms. The smallest absolute Gasteiger partial charge is 0.181 e. The van der Waals surface area contributed by atoms with E-state index in [2.05, 4.69) is 0 Å². The SMILES string of the molecule is [2H]N1C2=CC=CC([2H])([2H])C2([2H])C([2H])([2H])N1[2H]. The van der Waals surface area contributed by atoms with Crippen LogP contribution in [0.4, 0.5) is 0 Å². The van der Waals surface area contributed by atoms with E-state index < -0.39 is 18.8 Å². The fourth-order valence-corrected chi connectivity index (χ4v) is 0.730. The minimum Gasteiger partial charge on any atom is -0.325 e. The fraction of sp³-hybridized carbons (Fsp3) is 0.429. The van der Waals surface area contributed by atoms with Crippen molar-refractivity contribution in [2.24, 2.45) is 5.89 Å². The van der Waals surface area contributed by atoms with Gasteiger partial charge in [-0.2, -0.15) is 0 Å². The van der Waals surface area contributed by atoms with Crippen LogP contribution in [0, 0.1) is 5.89 Å². The zero-order valence-electron chi connectivity index (χ0n) is 11.6. The van der Waals surface area contributed by atoms with E-state index in [0.717, 1.165) is 6.08 Å². The van der Waals surface area contributed by atoms with Crippen LogP contribution in [-0.4, -0.2) is 6.50 Å². The second-order valence-corrected chi connectivity index (χ2v) is 1.74. The minimum atomic E-state index is -2.60. The highest BCUT2D eigenvalue weighted by Gasteiger charge is 2.19. The Bertz CT molecular complexity index is 390. The molecule has 2 rings (SSSR count). The standard InChI is InChI=1S/C7H10N2/c1-2-4-7-6(3-1)5-8-9-7/h1-2,4,6,8-9H,3,5H2/i3D2,5D2,6D/hD2. The Labute approximate surface area is 64.6 Å². The van der Waals surface area contributed by atoms with Gasteiger partial charge in [-0.05, 0) is 12.4 Å². The van der Waals surface area contributed by atoms with Crippen molar-refractivity contribution < 1.29 is 9.68 Å². The molecule has 2 aliphatic rings. The van der Waals surface area contributed by atoms with Crippen LogP contribution >= 0.6 is 0 Å². The van der Waals surface area contributed by atoms with Crippen molar-refractivity contribution in [1.29, 1.82) is 0 Å². The van der Waals surface area contributed by atoms with Gasteiger partial charge in [0, 0.05) is 24.9 Å². The summed E-state index contributed by atoms with van der Waals surface area (Å²) in [4.78, 5) is 0. The molecule has 1 saturated heterocycles. The van der Waals surface area contributed by atoms with Crippen molar-refractivity contribution in [1.82, 2.24) is 10.8 Å². The summed E-state index contributed by atoms with van der Waals surface area (Å²) in [7, 11) is 0. The molecule has 0 aromatic carbocycles. The molecule has 0 aromatic heterocycles. The van der Waals surface area contributed by atoms with E-state index in [0.29, 0.717) is 5.42 Å². The van der Waals surface area contributed by atoms with Crippen LogP contribution in [0.3, 0.4) is 0 Å². The maximum atomic E-state index is 8.01. The molecule has 0 radical (unpaired) electrons. The van der Waals surface area contributed by atoms with Gasteiger partial charge in [0.1, 0.15) is 1.41 Å². The molecule has 0 aromatic rings. The van der Waals surface area contributed by atoms with Gasteiger partial charge >= 0.3 is 0 Å². The van der Waals surface area contributed by atoms with E-state index in [1.54, 1.807) is 0 Å². The number of allylic oxidation sites excluding steroid dienone is 3. The van der Waals surface area contributed by atoms with Crippen molar-refractivity contribution in [3.05, 3.63) is 23.9 Å². The molecule has 1 aliphatic heterocycles. The van der Waals surface area contributed by atoms with E-state index in [9.17, 15) is 0 Å². The van der Waals surface area contributed by atoms with Crippen LogP contribution in [0.25, 0.3) is 0 Å². The Balaban J connectivity index is 2.66. The third-order valence-electron chi connectivity index (χ3n) is 1.15. The summed E-state index contributed by atoms with van der Waals surface area (Å²) in [6, 6.07) is 0. The maximum Gasteiger partial charge on any atom is 0.181 e. The van der Waals surface area contributed by atoms with Gasteiger partial charge in [-0.1, -0.05) is 12.2 Å². The summed E-state index contributed by atoms with van der Waals surface area (Å²) < 4.78 is 53.5. The van der Waals surface area contributed by atoms with Crippen LogP contribution in [-0.2, 0) is 0 Å². The predicted octanol–water partition coefficient (Wildman–Crippen LogP) is 0.554. The lowest BCUT2D eigenvalue weighted by atomic mass is 9.99. The highest BCUT2D eigenvalue weighted by atomic mass is 15.4. The van der Waals surface area contributed by atoms with E-state index in [1.165, 1.54) is 12.2 Å². The van der Waals surface area contributed by atoms with Crippen LogP contribution in [0.1, 0.15) is 13.2 Å². The molecule has 0 spiro atoms. The molecule has 48 valence electrons. The van der Waals surface area contributed by atoms with Gasteiger partial charge in [-0.15, -0.1) is 0 Å². The zero-order valence-corrected chi connectivity index (χ0v) is 4.63. The Kier molecular flexibility index (Phi) is 0.342. The first kappa shape index (κ1) is 1.64. The second kappa shape index (κ2) is 1.88. The summed E-state index contributed by atoms with van der Waals surface area (Å²) in [5, 5.41) is 0. The van der Waals surface area contributed by atoms with Gasteiger partial charge in [-0.25, -0.2) is 5.42 Å². The average Bonchev–Trinajstić information content (AvgIpc) is 2.30. The molecule has 2 nitrogen and oxygen atoms in total. The summed E-state index contributed by atoms with van der Waals surface area (Å²) >= 11 is 0. The van der Waals surface area contributed by atoms with Crippen molar-refractivity contribution >= 4 is 0 Å². The van der Waals surface area contributed by atoms with E-state index >= 15 is 0 Å². The van der Waals surface area contributed by atoms with Gasteiger partial charge in [-0.3, -0.25) is 0 Å². The molecule has 0 bridgehead atoms. The molecule has 1 heterocycles. The molecule has 1 atom stereocenters. The van der Waals surface area contributed by atoms with Crippen LogP contribution in [0.2, 0.25) is 2.82 Å². The number of nitrogens with one attached hydrogen (secondary N) is 2. The molecule has 1 aliphatic carbocycles. The molecule has 1 unspecified atom stereocenters. The van der Waals surface area contributed by atoms with Crippen molar-refractivity contribution in [3.8, 4) is 0 Å².